The molecular weight excluding hydrogens is 1510 g/mol. The lowest BCUT2D eigenvalue weighted by Crippen LogP contribution is -2.55. The molecule has 16 aliphatic carbocycles. The summed E-state index contributed by atoms with van der Waals surface area (Å²) in [7, 11) is 1.70. The average molecular weight is 1650 g/mol. The van der Waals surface area contributed by atoms with Crippen LogP contribution in [-0.4, -0.2) is 132 Å². The number of halogens is 4. The van der Waals surface area contributed by atoms with Crippen molar-refractivity contribution in [3.05, 3.63) is 72.9 Å². The maximum Gasteiger partial charge on any atom is 0.417 e. The maximum absolute atomic E-state index is 13.4. The van der Waals surface area contributed by atoms with E-state index in [1.807, 2.05) is 0 Å². The molecule has 4 heterocycles. The van der Waals surface area contributed by atoms with Gasteiger partial charge in [0.25, 0.3) is 0 Å². The fraction of sp³-hybridized carbons (Fsp3) is 0.837. The molecule has 0 unspecified atom stereocenters. The number of aromatic nitrogens is 8. The number of H-pyrrole nitrogens is 4. The Morgan fingerprint density at radius 2 is 0.647 bits per heavy atom. The van der Waals surface area contributed by atoms with Gasteiger partial charge in [-0.3, -0.25) is 19.2 Å². The second-order valence-corrected chi connectivity index (χ2v) is 44.4. The molecule has 17 nitrogen and oxygen atoms in total. The molecule has 0 saturated heterocycles. The van der Waals surface area contributed by atoms with E-state index in [1.165, 1.54) is 89.9 Å². The molecule has 32 atom stereocenters. The van der Waals surface area contributed by atoms with E-state index in [-0.39, 0.29) is 64.1 Å². The zero-order chi connectivity index (χ0) is 83.4. The van der Waals surface area contributed by atoms with E-state index < -0.39 is 35.3 Å². The van der Waals surface area contributed by atoms with Crippen molar-refractivity contribution in [2.45, 2.75) is 326 Å². The quantitative estimate of drug-likeness (QED) is 0.0486. The van der Waals surface area contributed by atoms with E-state index in [1.54, 1.807) is 57.2 Å². The Balaban J connectivity index is 0.000000113. The molecule has 0 aromatic carbocycles. The van der Waals surface area contributed by atoms with Crippen LogP contribution < -0.4 is 0 Å². The van der Waals surface area contributed by atoms with Crippen LogP contribution in [0.25, 0.3) is 0 Å². The van der Waals surface area contributed by atoms with Gasteiger partial charge in [-0.2, -0.15) is 13.2 Å². The van der Waals surface area contributed by atoms with Crippen LogP contribution in [0.5, 0.6) is 0 Å². The number of hydrogen-bond donors (Lipinski definition) is 8. The number of ether oxygens (including phenoxy) is 1. The summed E-state index contributed by atoms with van der Waals surface area (Å²) >= 11 is 0. The topological polar surface area (TPSA) is 273 Å². The Kier molecular flexibility index (Phi) is 24.4. The van der Waals surface area contributed by atoms with Crippen LogP contribution in [0, 0.1) is 164 Å². The number of carbonyl (C=O) groups is 4. The SMILES string of the molecule is CC[C@@]1(O)CC[C@H]2[C@H](CC[C@@H]3[C@@H]2CC[C@]2(C)[C@@H](C(=O)Cc4cnc[nH]4)CC[C@@H]32)C1.COC[C@@]1(O)CC[C@H]2[C@H](CC[C@@H]3[C@@H]2CC[C@]2(C)[C@@H](C(=O)Cc4cnc[nH]4)CC[C@@H]32)C1.C[C@]12CC[C@H]3[C@@H](CC[C@@H]4C[C@@](O)(C(F)(F)F)CC[C@@H]43)[C@@H]1CC[C@@H]2C(=O)Cc1cnc[nH]1.C[C@]12CC[C@H]3[C@@H](CC[C@@H]4C[C@@](O)(CF)CC[C@@H]43)[C@@H]1CC[C@@H]2C(=O)Cc1cnc[nH]1. The van der Waals surface area contributed by atoms with Gasteiger partial charge in [0.05, 0.1) is 48.7 Å². The minimum Gasteiger partial charge on any atom is -0.390 e. The molecule has 20 rings (SSSR count). The summed E-state index contributed by atoms with van der Waals surface area (Å²) < 4.78 is 58.9. The Hall–Kier alpha value is -4.96. The van der Waals surface area contributed by atoms with E-state index in [0.717, 1.165) is 198 Å². The number of ketones is 4. The predicted molar refractivity (Wildman–Crippen MR) is 446 cm³/mol. The lowest BCUT2D eigenvalue weighted by Gasteiger charge is -2.57. The van der Waals surface area contributed by atoms with Crippen LogP contribution in [0.2, 0.25) is 0 Å². The number of aromatic amines is 4. The molecule has 0 aliphatic heterocycles. The molecule has 119 heavy (non-hydrogen) atoms. The van der Waals surface area contributed by atoms with Crippen molar-refractivity contribution in [3.8, 4) is 0 Å². The van der Waals surface area contributed by atoms with Gasteiger partial charge in [0, 0.05) is 104 Å². The first-order chi connectivity index (χ1) is 56.9. The highest BCUT2D eigenvalue weighted by atomic mass is 19.4. The van der Waals surface area contributed by atoms with Gasteiger partial charge < -0.3 is 45.1 Å². The molecule has 16 aliphatic rings. The Labute approximate surface area is 704 Å². The minimum absolute atomic E-state index is 0.00643. The molecule has 8 N–H and O–H groups in total. The summed E-state index contributed by atoms with van der Waals surface area (Å²) in [5, 5.41) is 42.5. The number of nitrogens with zero attached hydrogens (tertiary/aromatic N) is 4. The standard InChI is InChI=1S/C25H38N2O3.C25H38N2O2.C24H33F3N2O2.C24H35FN2O2/c1-24-9-7-19-18-8-10-25(29,14-30-2)12-16(18)3-4-20(19)21(24)5-6-22(24)23(28)11-17-13-26-15-27-17;1-3-25(29)11-9-18-16(13-25)4-5-20-19(18)8-10-24(2)21(20)6-7-22(24)23(28)12-17-14-26-15-27-17;1-22-8-6-17-16-7-9-23(31,24(25,26)27)11-14(16)2-3-18(17)19(22)4-5-20(22)21(30)10-15-12-28-13-29-15;1-23-8-6-18-17-7-9-24(29,13-25)11-15(17)2-3-19(18)20(23)4-5-21(23)22(28)10-16-12-26-14-27-16/h13,15-16,18-22,29H,3-12,14H2,1-2H3,(H,26,27);14-16,18-22,29H,3-13H2,1-2H3,(H,26,27);12-14,16-20,31H,2-11H2,1H3,(H,28,29);12,14-15,17-21,29H,2-11,13H2,1H3,(H,26,27)/t2*16-,18+,19-,20-,21+,22-,24+,25-;14-,16+,17-,18-,19+,20-,22+,23-;15-,17+,18-,19-,20+,21-,23+,24-/m1111/s1. The number of hydrogen-bond acceptors (Lipinski definition) is 13. The number of aliphatic hydroxyl groups is 4. The summed E-state index contributed by atoms with van der Waals surface area (Å²) in [5.41, 5.74) is -0.334. The monoisotopic (exact) mass is 1650 g/mol. The first kappa shape index (κ1) is 86.2. The van der Waals surface area contributed by atoms with E-state index in [9.17, 15) is 57.2 Å². The highest BCUT2D eigenvalue weighted by Crippen LogP contribution is 2.71. The summed E-state index contributed by atoms with van der Waals surface area (Å²) in [4.78, 5) is 81.3. The predicted octanol–water partition coefficient (Wildman–Crippen LogP) is 18.7. The number of rotatable bonds is 16. The van der Waals surface area contributed by atoms with Crippen molar-refractivity contribution in [2.75, 3.05) is 20.4 Å². The number of imidazole rings is 4. The number of carbonyl (C=O) groups excluding carboxylic acids is 4. The first-order valence-corrected chi connectivity index (χ1v) is 47.9. The zero-order valence-electron chi connectivity index (χ0n) is 72.5. The highest BCUT2D eigenvalue weighted by molar-refractivity contribution is 5.86. The van der Waals surface area contributed by atoms with Crippen molar-refractivity contribution in [2.24, 2.45) is 164 Å². The zero-order valence-corrected chi connectivity index (χ0v) is 72.5. The molecule has 0 bridgehead atoms. The number of Topliss-reactive ketones (excluding diaryl/α,β-unsaturated/α-hetero) is 4. The van der Waals surface area contributed by atoms with Crippen LogP contribution in [0.4, 0.5) is 17.6 Å². The molecule has 0 amide bonds. The maximum atomic E-state index is 13.4. The van der Waals surface area contributed by atoms with Crippen LogP contribution in [-0.2, 0) is 49.6 Å². The first-order valence-electron chi connectivity index (χ1n) is 47.9. The van der Waals surface area contributed by atoms with Gasteiger partial charge in [-0.05, 0) is 378 Å². The lowest BCUT2D eigenvalue weighted by atomic mass is 9.48. The molecule has 0 spiro atoms. The second kappa shape index (κ2) is 33.8. The molecule has 21 heteroatoms. The minimum atomic E-state index is -4.53. The third kappa shape index (κ3) is 16.1. The molecule has 0 radical (unpaired) electrons. The summed E-state index contributed by atoms with van der Waals surface area (Å²) in [5.74, 6) is 14.8. The van der Waals surface area contributed by atoms with Gasteiger partial charge in [-0.25, -0.2) is 24.3 Å². The highest BCUT2D eigenvalue weighted by Gasteiger charge is 2.66. The normalized spacial score (nSPS) is 45.9. The molecule has 16 saturated carbocycles. The molecule has 16 fully saturated rings. The van der Waals surface area contributed by atoms with E-state index >= 15 is 0 Å². The Morgan fingerprint density at radius 3 is 0.933 bits per heavy atom. The van der Waals surface area contributed by atoms with Gasteiger partial charge in [-0.15, -0.1) is 0 Å². The number of alkyl halides is 4. The molecule has 658 valence electrons. The Morgan fingerprint density at radius 1 is 0.370 bits per heavy atom. The fourth-order valence-corrected chi connectivity index (χ4v) is 33.8. The smallest absolute Gasteiger partial charge is 0.390 e. The third-order valence-electron chi connectivity index (χ3n) is 39.4. The largest absolute Gasteiger partial charge is 0.417 e. The molecular formula is C98H144F4N8O9. The van der Waals surface area contributed by atoms with Crippen molar-refractivity contribution < 1.29 is 61.9 Å². The summed E-state index contributed by atoms with van der Waals surface area (Å²) in [6, 6.07) is 0. The van der Waals surface area contributed by atoms with Crippen LogP contribution in [0.15, 0.2) is 50.1 Å². The fourth-order valence-electron chi connectivity index (χ4n) is 33.8. The van der Waals surface area contributed by atoms with Crippen molar-refractivity contribution >= 4 is 23.1 Å². The van der Waals surface area contributed by atoms with E-state index in [2.05, 4.69) is 74.5 Å². The van der Waals surface area contributed by atoms with E-state index in [4.69, 9.17) is 4.74 Å². The van der Waals surface area contributed by atoms with Gasteiger partial charge in [-0.1, -0.05) is 34.6 Å². The van der Waals surface area contributed by atoms with Crippen molar-refractivity contribution in [1.82, 2.24) is 39.9 Å². The molecule has 4 aromatic rings. The second-order valence-electron chi connectivity index (χ2n) is 44.4. The summed E-state index contributed by atoms with van der Waals surface area (Å²) in [6.07, 6.45) is 48.0. The third-order valence-corrected chi connectivity index (χ3v) is 39.4. The van der Waals surface area contributed by atoms with Crippen LogP contribution in [0.3, 0.4) is 0 Å². The van der Waals surface area contributed by atoms with Gasteiger partial charge in [0.1, 0.15) is 29.8 Å². The number of nitrogens with one attached hydrogen (secondary N) is 4. The van der Waals surface area contributed by atoms with Gasteiger partial charge in [0.15, 0.2) is 5.60 Å². The van der Waals surface area contributed by atoms with Crippen molar-refractivity contribution in [1.29, 1.82) is 0 Å². The Bertz CT molecular complexity index is 4000. The average Bonchev–Trinajstić information content (AvgIpc) is 1.63. The van der Waals surface area contributed by atoms with E-state index in [0.29, 0.717) is 128 Å². The number of fused-ring (bicyclic) bond motifs is 20. The van der Waals surface area contributed by atoms with Gasteiger partial charge in [0.2, 0.25) is 0 Å². The summed E-state index contributed by atoms with van der Waals surface area (Å²) in [6.45, 7) is 11.6. The van der Waals surface area contributed by atoms with Gasteiger partial charge >= 0.3 is 6.18 Å². The van der Waals surface area contributed by atoms with Crippen molar-refractivity contribution in [3.63, 3.8) is 0 Å². The molecule has 4 aromatic heterocycles. The van der Waals surface area contributed by atoms with Crippen LogP contribution >= 0.6 is 0 Å². The lowest BCUT2D eigenvalue weighted by molar-refractivity contribution is -0.282. The van der Waals surface area contributed by atoms with Crippen LogP contribution in [0.1, 0.15) is 295 Å². The number of methoxy groups -OCH3 is 1.